The Morgan fingerprint density at radius 1 is 1.56 bits per heavy atom. The number of halogens is 2. The molecule has 3 N–H and O–H groups in total. The molecule has 0 radical (unpaired) electrons. The van der Waals surface area contributed by atoms with Crippen LogP contribution in [0.25, 0.3) is 0 Å². The highest BCUT2D eigenvalue weighted by Crippen LogP contribution is 2.18. The van der Waals surface area contributed by atoms with Gasteiger partial charge in [0.25, 0.3) is 5.91 Å². The zero-order chi connectivity index (χ0) is 12.3. The van der Waals surface area contributed by atoms with E-state index >= 15 is 0 Å². The van der Waals surface area contributed by atoms with Gasteiger partial charge in [-0.2, -0.15) is 0 Å². The molecule has 1 aromatic rings. The van der Waals surface area contributed by atoms with Crippen LogP contribution < -0.4 is 11.1 Å². The van der Waals surface area contributed by atoms with E-state index in [1.165, 1.54) is 18.2 Å². The lowest BCUT2D eigenvalue weighted by molar-refractivity contribution is 0.0915. The fraction of sp³-hybridized carbons (Fsp3) is 0.364. The molecule has 0 bridgehead atoms. The normalized spacial score (nSPS) is 11.3. The smallest absolute Gasteiger partial charge is 0.252 e. The van der Waals surface area contributed by atoms with Gasteiger partial charge in [-0.3, -0.25) is 4.79 Å². The van der Waals surface area contributed by atoms with Crippen molar-refractivity contribution in [3.8, 4) is 0 Å². The molecule has 0 heterocycles. The summed E-state index contributed by atoms with van der Waals surface area (Å²) in [6.45, 7) is 3.97. The zero-order valence-electron chi connectivity index (χ0n) is 9.18. The standard InChI is InChI=1S/C11H14BrFN2O/c1-11(2,6-14)15-10(16)8-4-3-7(13)5-9(8)12/h3-5H,6,14H2,1-2H3,(H,15,16). The molecule has 0 aliphatic carbocycles. The monoisotopic (exact) mass is 288 g/mol. The van der Waals surface area contributed by atoms with E-state index in [1.807, 2.05) is 13.8 Å². The summed E-state index contributed by atoms with van der Waals surface area (Å²) in [5, 5.41) is 2.77. The van der Waals surface area contributed by atoms with Crippen LogP contribution in [0, 0.1) is 5.82 Å². The summed E-state index contributed by atoms with van der Waals surface area (Å²) >= 11 is 3.15. The predicted molar refractivity (Wildman–Crippen MR) is 64.7 cm³/mol. The van der Waals surface area contributed by atoms with E-state index in [0.717, 1.165) is 0 Å². The topological polar surface area (TPSA) is 55.1 Å². The van der Waals surface area contributed by atoms with Crippen molar-refractivity contribution in [2.24, 2.45) is 5.73 Å². The Morgan fingerprint density at radius 2 is 2.19 bits per heavy atom. The van der Waals surface area contributed by atoms with Gasteiger partial charge in [0.15, 0.2) is 0 Å². The van der Waals surface area contributed by atoms with Gasteiger partial charge >= 0.3 is 0 Å². The zero-order valence-corrected chi connectivity index (χ0v) is 10.8. The second kappa shape index (κ2) is 4.93. The molecule has 0 aliphatic heterocycles. The van der Waals surface area contributed by atoms with Crippen LogP contribution in [0.4, 0.5) is 4.39 Å². The molecule has 3 nitrogen and oxygen atoms in total. The van der Waals surface area contributed by atoms with Gasteiger partial charge in [-0.05, 0) is 48.0 Å². The quantitative estimate of drug-likeness (QED) is 0.895. The van der Waals surface area contributed by atoms with Gasteiger partial charge in [0.2, 0.25) is 0 Å². The van der Waals surface area contributed by atoms with Gasteiger partial charge in [0.05, 0.1) is 5.56 Å². The summed E-state index contributed by atoms with van der Waals surface area (Å²) in [6.07, 6.45) is 0. The Bertz CT molecular complexity index is 407. The molecule has 0 fully saturated rings. The first-order valence-electron chi connectivity index (χ1n) is 4.83. The van der Waals surface area contributed by atoms with Crippen molar-refractivity contribution in [2.75, 3.05) is 6.54 Å². The minimum absolute atomic E-state index is 0.276. The number of carbonyl (C=O) groups is 1. The highest BCUT2D eigenvalue weighted by atomic mass is 79.9. The molecule has 1 amide bonds. The lowest BCUT2D eigenvalue weighted by Crippen LogP contribution is -2.48. The highest BCUT2D eigenvalue weighted by molar-refractivity contribution is 9.10. The second-order valence-corrected chi connectivity index (χ2v) is 5.02. The van der Waals surface area contributed by atoms with Crippen LogP contribution in [0.1, 0.15) is 24.2 Å². The largest absolute Gasteiger partial charge is 0.346 e. The lowest BCUT2D eigenvalue weighted by Gasteiger charge is -2.24. The van der Waals surface area contributed by atoms with Crippen LogP contribution in [0.5, 0.6) is 0 Å². The molecule has 88 valence electrons. The van der Waals surface area contributed by atoms with Crippen LogP contribution in [-0.2, 0) is 0 Å². The molecule has 16 heavy (non-hydrogen) atoms. The van der Waals surface area contributed by atoms with Gasteiger partial charge < -0.3 is 11.1 Å². The third-order valence-electron chi connectivity index (χ3n) is 2.14. The molecule has 0 saturated heterocycles. The van der Waals surface area contributed by atoms with Crippen LogP contribution in [0.15, 0.2) is 22.7 Å². The molecule has 1 rings (SSSR count). The van der Waals surface area contributed by atoms with Crippen molar-refractivity contribution in [3.05, 3.63) is 34.1 Å². The van der Waals surface area contributed by atoms with E-state index in [2.05, 4.69) is 21.2 Å². The Morgan fingerprint density at radius 3 is 2.69 bits per heavy atom. The molecular formula is C11H14BrFN2O. The molecule has 0 aliphatic rings. The molecule has 0 spiro atoms. The van der Waals surface area contributed by atoms with Gasteiger partial charge in [0.1, 0.15) is 5.82 Å². The number of carbonyl (C=O) groups excluding carboxylic acids is 1. The van der Waals surface area contributed by atoms with E-state index in [1.54, 1.807) is 0 Å². The molecular weight excluding hydrogens is 275 g/mol. The summed E-state index contributed by atoms with van der Waals surface area (Å²) in [5.41, 5.74) is 5.42. The Kier molecular flexibility index (Phi) is 4.04. The van der Waals surface area contributed by atoms with Crippen LogP contribution in [-0.4, -0.2) is 18.0 Å². The fourth-order valence-electron chi connectivity index (χ4n) is 1.10. The third-order valence-corrected chi connectivity index (χ3v) is 2.79. The van der Waals surface area contributed by atoms with Crippen LogP contribution in [0.2, 0.25) is 0 Å². The fourth-order valence-corrected chi connectivity index (χ4v) is 1.63. The van der Waals surface area contributed by atoms with Gasteiger partial charge in [-0.15, -0.1) is 0 Å². The van der Waals surface area contributed by atoms with Crippen molar-refractivity contribution in [3.63, 3.8) is 0 Å². The molecule has 0 unspecified atom stereocenters. The van der Waals surface area contributed by atoms with Gasteiger partial charge in [-0.1, -0.05) is 0 Å². The summed E-state index contributed by atoms with van der Waals surface area (Å²) < 4.78 is 13.3. The molecule has 0 atom stereocenters. The Labute approximate surface area is 102 Å². The molecule has 1 aromatic carbocycles. The lowest BCUT2D eigenvalue weighted by atomic mass is 10.1. The summed E-state index contributed by atoms with van der Waals surface area (Å²) in [5.74, 6) is -0.663. The van der Waals surface area contributed by atoms with E-state index in [9.17, 15) is 9.18 Å². The van der Waals surface area contributed by atoms with Gasteiger partial charge in [-0.25, -0.2) is 4.39 Å². The number of hydrogen-bond donors (Lipinski definition) is 2. The first kappa shape index (κ1) is 13.1. The average Bonchev–Trinajstić information content (AvgIpc) is 2.16. The Hall–Kier alpha value is -0.940. The molecule has 5 heteroatoms. The predicted octanol–water partition coefficient (Wildman–Crippen LogP) is 2.06. The van der Waals surface area contributed by atoms with Crippen LogP contribution in [0.3, 0.4) is 0 Å². The van der Waals surface area contributed by atoms with Crippen LogP contribution >= 0.6 is 15.9 Å². The summed E-state index contributed by atoms with van der Waals surface area (Å²) in [4.78, 5) is 11.8. The van der Waals surface area contributed by atoms with E-state index < -0.39 is 5.54 Å². The number of nitrogens with one attached hydrogen (secondary N) is 1. The molecule has 0 saturated carbocycles. The number of hydrogen-bond acceptors (Lipinski definition) is 2. The minimum atomic E-state index is -0.481. The maximum absolute atomic E-state index is 12.8. The number of benzene rings is 1. The van der Waals surface area contributed by atoms with Gasteiger partial charge in [0, 0.05) is 16.6 Å². The third kappa shape index (κ3) is 3.28. The van der Waals surface area contributed by atoms with E-state index in [4.69, 9.17) is 5.73 Å². The first-order valence-corrected chi connectivity index (χ1v) is 5.62. The second-order valence-electron chi connectivity index (χ2n) is 4.17. The van der Waals surface area contributed by atoms with E-state index in [-0.39, 0.29) is 11.7 Å². The highest BCUT2D eigenvalue weighted by Gasteiger charge is 2.20. The van der Waals surface area contributed by atoms with Crippen molar-refractivity contribution in [1.82, 2.24) is 5.32 Å². The maximum Gasteiger partial charge on any atom is 0.252 e. The Balaban J connectivity index is 2.89. The number of nitrogens with two attached hydrogens (primary N) is 1. The molecule has 0 aromatic heterocycles. The summed E-state index contributed by atoms with van der Waals surface area (Å²) in [6, 6.07) is 3.93. The van der Waals surface area contributed by atoms with Crippen molar-refractivity contribution in [2.45, 2.75) is 19.4 Å². The number of amides is 1. The number of rotatable bonds is 3. The first-order chi connectivity index (χ1) is 7.35. The van der Waals surface area contributed by atoms with E-state index in [0.29, 0.717) is 16.6 Å². The maximum atomic E-state index is 12.8. The van der Waals surface area contributed by atoms with Crippen molar-refractivity contribution < 1.29 is 9.18 Å². The van der Waals surface area contributed by atoms with Crippen molar-refractivity contribution >= 4 is 21.8 Å². The average molecular weight is 289 g/mol. The summed E-state index contributed by atoms with van der Waals surface area (Å²) in [7, 11) is 0. The van der Waals surface area contributed by atoms with Crippen molar-refractivity contribution in [1.29, 1.82) is 0 Å². The minimum Gasteiger partial charge on any atom is -0.346 e. The SMILES string of the molecule is CC(C)(CN)NC(=O)c1ccc(F)cc1Br.